The van der Waals surface area contributed by atoms with Crippen LogP contribution in [0, 0.1) is 0 Å². The average molecular weight is 673 g/mol. The Morgan fingerprint density at radius 3 is 1.09 bits per heavy atom. The van der Waals surface area contributed by atoms with Gasteiger partial charge in [-0.05, 0) is 106 Å². The third kappa shape index (κ3) is 4.51. The number of fused-ring (bicyclic) bond motifs is 7. The lowest BCUT2D eigenvalue weighted by Gasteiger charge is -2.18. The maximum absolute atomic E-state index is 6.81. The maximum Gasteiger partial charge on any atom is 0.136 e. The lowest BCUT2D eigenvalue weighted by atomic mass is 9.84. The molecule has 0 N–H and O–H groups in total. The number of benzene rings is 10. The molecule has 0 amide bonds. The minimum atomic E-state index is 0.889. The Kier molecular flexibility index (Phi) is 6.62. The molecule has 0 saturated heterocycles. The highest BCUT2D eigenvalue weighted by molar-refractivity contribution is 6.26. The quantitative estimate of drug-likeness (QED) is 0.170. The molecule has 0 unspecified atom stereocenters. The van der Waals surface area contributed by atoms with Crippen LogP contribution in [0.3, 0.4) is 0 Å². The second-order valence-corrected chi connectivity index (χ2v) is 13.9. The number of hydrogen-bond acceptors (Lipinski definition) is 1. The van der Waals surface area contributed by atoms with Crippen LogP contribution >= 0.6 is 0 Å². The number of hydrogen-bond donors (Lipinski definition) is 0. The Labute approximate surface area is 307 Å². The van der Waals surface area contributed by atoms with E-state index in [4.69, 9.17) is 4.42 Å². The molecule has 1 heterocycles. The molecular formula is C52H32O. The van der Waals surface area contributed by atoms with E-state index >= 15 is 0 Å². The fourth-order valence-electron chi connectivity index (χ4n) is 8.88. The van der Waals surface area contributed by atoms with E-state index in [2.05, 4.69) is 194 Å². The molecule has 0 spiro atoms. The second-order valence-electron chi connectivity index (χ2n) is 13.9. The lowest BCUT2D eigenvalue weighted by molar-refractivity contribution is 0.669. The normalized spacial score (nSPS) is 11.8. The Morgan fingerprint density at radius 2 is 0.642 bits per heavy atom. The van der Waals surface area contributed by atoms with Crippen LogP contribution < -0.4 is 0 Å². The Balaban J connectivity index is 1.18. The van der Waals surface area contributed by atoms with Crippen LogP contribution in [0.1, 0.15) is 0 Å². The van der Waals surface area contributed by atoms with Crippen LogP contribution in [0.5, 0.6) is 0 Å². The largest absolute Gasteiger partial charge is 0.456 e. The van der Waals surface area contributed by atoms with E-state index in [0.717, 1.165) is 27.5 Å². The summed E-state index contributed by atoms with van der Waals surface area (Å²) in [5.41, 5.74) is 11.6. The first-order chi connectivity index (χ1) is 26.3. The van der Waals surface area contributed by atoms with Gasteiger partial charge in [0, 0.05) is 10.8 Å². The standard InChI is InChI=1S/C52H32O/c1-3-16-33(17-4-1)48-36-20-7-9-22-38(36)50(39-23-10-8-21-37(39)48)35-30-31-44-47(32-35)53-46-29-15-28-45(52(44)46)51-42-26-13-11-24-40(42)49(34-18-5-2-6-19-34)41-25-12-14-27-43(41)51/h1-32H. The first-order valence-corrected chi connectivity index (χ1v) is 18.3. The molecule has 0 aliphatic carbocycles. The summed E-state index contributed by atoms with van der Waals surface area (Å²) < 4.78 is 6.81. The summed E-state index contributed by atoms with van der Waals surface area (Å²) in [6, 6.07) is 70.3. The van der Waals surface area contributed by atoms with Crippen LogP contribution in [0.2, 0.25) is 0 Å². The number of furan rings is 1. The van der Waals surface area contributed by atoms with Crippen LogP contribution in [0.4, 0.5) is 0 Å². The summed E-state index contributed by atoms with van der Waals surface area (Å²) in [5.74, 6) is 0. The summed E-state index contributed by atoms with van der Waals surface area (Å²) in [6.45, 7) is 0. The highest BCUT2D eigenvalue weighted by Gasteiger charge is 2.22. The van der Waals surface area contributed by atoms with Gasteiger partial charge in [-0.2, -0.15) is 0 Å². The molecular weight excluding hydrogens is 641 g/mol. The Morgan fingerprint density at radius 1 is 0.245 bits per heavy atom. The SMILES string of the molecule is c1ccc(-c2c3ccccc3c(-c3ccc4c(c3)oc3cccc(-c5c6ccccc6c(-c6ccccc6)c6ccccc56)c34)c3ccccc23)cc1. The third-order valence-electron chi connectivity index (χ3n) is 11.0. The van der Waals surface area contributed by atoms with E-state index in [-0.39, 0.29) is 0 Å². The van der Waals surface area contributed by atoms with E-state index in [1.807, 2.05) is 0 Å². The van der Waals surface area contributed by atoms with Crippen LogP contribution in [0.15, 0.2) is 199 Å². The molecule has 1 nitrogen and oxygen atoms in total. The van der Waals surface area contributed by atoms with Gasteiger partial charge in [-0.15, -0.1) is 0 Å². The molecule has 246 valence electrons. The van der Waals surface area contributed by atoms with Crippen molar-refractivity contribution in [3.8, 4) is 44.5 Å². The number of rotatable bonds is 4. The third-order valence-corrected chi connectivity index (χ3v) is 11.0. The van der Waals surface area contributed by atoms with Gasteiger partial charge in [0.15, 0.2) is 0 Å². The monoisotopic (exact) mass is 672 g/mol. The predicted molar refractivity (Wildman–Crippen MR) is 225 cm³/mol. The lowest BCUT2D eigenvalue weighted by Crippen LogP contribution is -1.91. The molecule has 1 heteroatoms. The zero-order valence-electron chi connectivity index (χ0n) is 28.9. The van der Waals surface area contributed by atoms with Gasteiger partial charge in [0.25, 0.3) is 0 Å². The van der Waals surface area contributed by atoms with Crippen LogP contribution in [0.25, 0.3) is 110 Å². The van der Waals surface area contributed by atoms with Gasteiger partial charge in [-0.25, -0.2) is 0 Å². The zero-order chi connectivity index (χ0) is 34.9. The Bertz CT molecular complexity index is 3090. The van der Waals surface area contributed by atoms with Crippen molar-refractivity contribution >= 4 is 65.0 Å². The molecule has 0 radical (unpaired) electrons. The van der Waals surface area contributed by atoms with Crippen molar-refractivity contribution in [1.82, 2.24) is 0 Å². The smallest absolute Gasteiger partial charge is 0.136 e. The second kappa shape index (κ2) is 11.8. The summed E-state index contributed by atoms with van der Waals surface area (Å²) in [7, 11) is 0. The van der Waals surface area contributed by atoms with Gasteiger partial charge in [0.2, 0.25) is 0 Å². The summed E-state index contributed by atoms with van der Waals surface area (Å²) in [4.78, 5) is 0. The first kappa shape index (κ1) is 29.7. The molecule has 0 bridgehead atoms. The molecule has 11 rings (SSSR count). The van der Waals surface area contributed by atoms with E-state index in [0.29, 0.717) is 0 Å². The van der Waals surface area contributed by atoms with Gasteiger partial charge >= 0.3 is 0 Å². The van der Waals surface area contributed by atoms with E-state index in [9.17, 15) is 0 Å². The molecule has 0 aliphatic heterocycles. The molecule has 0 saturated carbocycles. The fraction of sp³-hybridized carbons (Fsp3) is 0. The van der Waals surface area contributed by atoms with Crippen molar-refractivity contribution in [1.29, 1.82) is 0 Å². The van der Waals surface area contributed by atoms with Crippen molar-refractivity contribution in [3.05, 3.63) is 194 Å². The topological polar surface area (TPSA) is 13.1 Å². The van der Waals surface area contributed by atoms with Gasteiger partial charge in [-0.3, -0.25) is 0 Å². The summed E-state index contributed by atoms with van der Waals surface area (Å²) in [5, 5.41) is 12.2. The van der Waals surface area contributed by atoms with E-state index in [1.54, 1.807) is 0 Å². The van der Waals surface area contributed by atoms with Crippen molar-refractivity contribution in [2.24, 2.45) is 0 Å². The van der Waals surface area contributed by atoms with Gasteiger partial charge in [0.05, 0.1) is 0 Å². The molecule has 0 fully saturated rings. The van der Waals surface area contributed by atoms with Gasteiger partial charge < -0.3 is 4.42 Å². The minimum Gasteiger partial charge on any atom is -0.456 e. The van der Waals surface area contributed by atoms with Gasteiger partial charge in [0.1, 0.15) is 11.2 Å². The average Bonchev–Trinajstić information content (AvgIpc) is 3.61. The molecule has 53 heavy (non-hydrogen) atoms. The maximum atomic E-state index is 6.81. The predicted octanol–water partition coefficient (Wildman–Crippen LogP) is 14.9. The van der Waals surface area contributed by atoms with E-state index in [1.165, 1.54) is 82.0 Å². The van der Waals surface area contributed by atoms with Crippen molar-refractivity contribution in [2.45, 2.75) is 0 Å². The molecule has 11 aromatic rings. The van der Waals surface area contributed by atoms with E-state index < -0.39 is 0 Å². The Hall–Kier alpha value is -6.96. The van der Waals surface area contributed by atoms with Gasteiger partial charge in [-0.1, -0.05) is 176 Å². The summed E-state index contributed by atoms with van der Waals surface area (Å²) in [6.07, 6.45) is 0. The highest BCUT2D eigenvalue weighted by atomic mass is 16.3. The highest BCUT2D eigenvalue weighted by Crippen LogP contribution is 2.48. The van der Waals surface area contributed by atoms with Crippen molar-refractivity contribution in [3.63, 3.8) is 0 Å². The minimum absolute atomic E-state index is 0.889. The van der Waals surface area contributed by atoms with Crippen LogP contribution in [-0.2, 0) is 0 Å². The molecule has 1 aromatic heterocycles. The zero-order valence-corrected chi connectivity index (χ0v) is 28.9. The molecule has 0 atom stereocenters. The van der Waals surface area contributed by atoms with Crippen molar-refractivity contribution in [2.75, 3.05) is 0 Å². The first-order valence-electron chi connectivity index (χ1n) is 18.3. The summed E-state index contributed by atoms with van der Waals surface area (Å²) >= 11 is 0. The molecule has 0 aliphatic rings. The molecule has 10 aromatic carbocycles. The fourth-order valence-corrected chi connectivity index (χ4v) is 8.88. The van der Waals surface area contributed by atoms with Crippen molar-refractivity contribution < 1.29 is 4.42 Å². The van der Waals surface area contributed by atoms with Crippen LogP contribution in [-0.4, -0.2) is 0 Å².